The lowest BCUT2D eigenvalue weighted by molar-refractivity contribution is 0.0975. The van der Waals surface area contributed by atoms with Gasteiger partial charge in [0.15, 0.2) is 0 Å². The van der Waals surface area contributed by atoms with Crippen molar-refractivity contribution in [2.75, 3.05) is 10.2 Å². The molecule has 0 bridgehead atoms. The number of halogens is 4. The lowest BCUT2D eigenvalue weighted by atomic mass is 10.0. The Labute approximate surface area is 179 Å². The summed E-state index contributed by atoms with van der Waals surface area (Å²) < 4.78 is 14.8. The van der Waals surface area contributed by atoms with Crippen LogP contribution in [0.1, 0.15) is 22.1 Å². The van der Waals surface area contributed by atoms with Gasteiger partial charge < -0.3 is 5.32 Å². The molecule has 0 aliphatic carbocycles. The molecule has 1 N–H and O–H groups in total. The fourth-order valence-corrected chi connectivity index (χ4v) is 4.11. The van der Waals surface area contributed by atoms with Crippen LogP contribution in [0.2, 0.25) is 10.0 Å². The average Bonchev–Trinajstić information content (AvgIpc) is 2.62. The van der Waals surface area contributed by atoms with Crippen molar-refractivity contribution in [1.29, 1.82) is 0 Å². The van der Waals surface area contributed by atoms with E-state index in [0.29, 0.717) is 32.5 Å². The predicted octanol–water partition coefficient (Wildman–Crippen LogP) is 6.51. The summed E-state index contributed by atoms with van der Waals surface area (Å²) in [7, 11) is 0. The van der Waals surface area contributed by atoms with Gasteiger partial charge in [-0.1, -0.05) is 35.3 Å². The second-order valence-electron chi connectivity index (χ2n) is 6.06. The van der Waals surface area contributed by atoms with E-state index >= 15 is 0 Å². The summed E-state index contributed by atoms with van der Waals surface area (Å²) in [6.45, 7) is 0. The minimum Gasteiger partial charge on any atom is -0.360 e. The minimum absolute atomic E-state index is 0.233. The van der Waals surface area contributed by atoms with E-state index in [1.807, 2.05) is 12.1 Å². The molecule has 0 radical (unpaired) electrons. The number of anilines is 2. The van der Waals surface area contributed by atoms with Gasteiger partial charge in [0.25, 0.3) is 5.91 Å². The van der Waals surface area contributed by atoms with Crippen molar-refractivity contribution in [3.63, 3.8) is 0 Å². The number of benzene rings is 3. The maximum absolute atomic E-state index is 13.9. The highest BCUT2D eigenvalue weighted by Gasteiger charge is 2.35. The second kappa shape index (κ2) is 7.30. The van der Waals surface area contributed by atoms with Crippen LogP contribution in [0.4, 0.5) is 15.8 Å². The zero-order valence-electron chi connectivity index (χ0n) is 13.7. The number of hydrogen-bond donors (Lipinski definition) is 1. The smallest absolute Gasteiger partial charge is 0.262 e. The van der Waals surface area contributed by atoms with E-state index in [9.17, 15) is 9.18 Å². The summed E-state index contributed by atoms with van der Waals surface area (Å²) in [4.78, 5) is 14.8. The molecular formula is C20H12Cl2FIN2O. The van der Waals surface area contributed by atoms with Crippen molar-refractivity contribution < 1.29 is 9.18 Å². The van der Waals surface area contributed by atoms with Gasteiger partial charge in [-0.2, -0.15) is 0 Å². The second-order valence-corrected chi connectivity index (χ2v) is 8.15. The van der Waals surface area contributed by atoms with Gasteiger partial charge in [0.05, 0.1) is 5.56 Å². The van der Waals surface area contributed by atoms with Gasteiger partial charge in [0.2, 0.25) is 0 Å². The lowest BCUT2D eigenvalue weighted by Gasteiger charge is -2.38. The zero-order chi connectivity index (χ0) is 19.1. The molecule has 0 saturated carbocycles. The molecule has 1 heterocycles. The molecule has 3 aromatic rings. The first-order chi connectivity index (χ1) is 12.9. The molecule has 1 aliphatic rings. The standard InChI is InChI=1S/C20H12Cl2FIN2O/c21-11-4-6-15(17(22)8-11)19-25-18-7-5-13(24)10-16(18)20(27)26(19)14-3-1-2-12(23)9-14/h1-10,19,25H/t19-/m1/s1. The fraction of sp³-hybridized carbons (Fsp3) is 0.0500. The summed E-state index contributed by atoms with van der Waals surface area (Å²) in [6.07, 6.45) is -0.600. The largest absolute Gasteiger partial charge is 0.360 e. The monoisotopic (exact) mass is 512 g/mol. The summed E-state index contributed by atoms with van der Waals surface area (Å²) in [5.74, 6) is -0.654. The number of fused-ring (bicyclic) bond motifs is 1. The number of carbonyl (C=O) groups is 1. The Morgan fingerprint density at radius 2 is 1.85 bits per heavy atom. The molecule has 1 atom stereocenters. The van der Waals surface area contributed by atoms with Gasteiger partial charge in [-0.15, -0.1) is 0 Å². The highest BCUT2D eigenvalue weighted by atomic mass is 127. The van der Waals surface area contributed by atoms with Gasteiger partial charge >= 0.3 is 0 Å². The predicted molar refractivity (Wildman–Crippen MR) is 115 cm³/mol. The summed E-state index contributed by atoms with van der Waals surface area (Å²) >= 11 is 14.6. The molecule has 0 aromatic heterocycles. The molecule has 7 heteroatoms. The Morgan fingerprint density at radius 3 is 2.59 bits per heavy atom. The van der Waals surface area contributed by atoms with Crippen molar-refractivity contribution in [2.24, 2.45) is 0 Å². The van der Waals surface area contributed by atoms with Crippen molar-refractivity contribution >= 4 is 63.1 Å². The summed E-state index contributed by atoms with van der Waals surface area (Å²) in [6, 6.07) is 16.6. The Hall–Kier alpha value is -1.83. The van der Waals surface area contributed by atoms with Crippen molar-refractivity contribution in [2.45, 2.75) is 6.17 Å². The van der Waals surface area contributed by atoms with Crippen LogP contribution in [0.5, 0.6) is 0 Å². The minimum atomic E-state index is -0.600. The zero-order valence-corrected chi connectivity index (χ0v) is 17.4. The molecule has 1 aliphatic heterocycles. The molecule has 136 valence electrons. The highest BCUT2D eigenvalue weighted by Crippen LogP contribution is 2.39. The molecule has 0 unspecified atom stereocenters. The number of hydrogen-bond acceptors (Lipinski definition) is 2. The summed E-state index contributed by atoms with van der Waals surface area (Å²) in [5.41, 5.74) is 2.33. The van der Waals surface area contributed by atoms with Gasteiger partial charge in [0.1, 0.15) is 12.0 Å². The van der Waals surface area contributed by atoms with Crippen LogP contribution in [0, 0.1) is 9.39 Å². The van der Waals surface area contributed by atoms with E-state index < -0.39 is 12.0 Å². The first-order valence-corrected chi connectivity index (χ1v) is 9.87. The lowest BCUT2D eigenvalue weighted by Crippen LogP contribution is -2.43. The van der Waals surface area contributed by atoms with Crippen LogP contribution in [0.3, 0.4) is 0 Å². The first kappa shape index (κ1) is 18.5. The van der Waals surface area contributed by atoms with Crippen LogP contribution < -0.4 is 10.2 Å². The van der Waals surface area contributed by atoms with Crippen molar-refractivity contribution in [3.8, 4) is 0 Å². The molecule has 0 spiro atoms. The molecular weight excluding hydrogens is 501 g/mol. The normalized spacial score (nSPS) is 16.1. The number of nitrogens with zero attached hydrogens (tertiary/aromatic N) is 1. The van der Waals surface area contributed by atoms with Crippen LogP contribution in [-0.4, -0.2) is 5.91 Å². The fourth-order valence-electron chi connectivity index (χ4n) is 3.11. The van der Waals surface area contributed by atoms with Gasteiger partial charge in [-0.05, 0) is 71.1 Å². The SMILES string of the molecule is O=C1c2cc(I)ccc2N[C@@H](c2ccc(Cl)cc2Cl)N1c1cccc(F)c1. The van der Waals surface area contributed by atoms with Crippen LogP contribution >= 0.6 is 45.8 Å². The third kappa shape index (κ3) is 3.51. The van der Waals surface area contributed by atoms with E-state index in [1.165, 1.54) is 17.0 Å². The average molecular weight is 513 g/mol. The molecule has 27 heavy (non-hydrogen) atoms. The number of amides is 1. The van der Waals surface area contributed by atoms with Crippen LogP contribution in [0.25, 0.3) is 0 Å². The van der Waals surface area contributed by atoms with E-state index in [0.717, 1.165) is 3.57 Å². The molecule has 0 fully saturated rings. The van der Waals surface area contributed by atoms with Crippen molar-refractivity contribution in [1.82, 2.24) is 0 Å². The maximum atomic E-state index is 13.9. The first-order valence-electron chi connectivity index (χ1n) is 8.04. The van der Waals surface area contributed by atoms with Gasteiger partial charge in [0, 0.05) is 30.6 Å². The van der Waals surface area contributed by atoms with E-state index in [-0.39, 0.29) is 5.91 Å². The number of carbonyl (C=O) groups excluding carboxylic acids is 1. The molecule has 1 amide bonds. The molecule has 4 rings (SSSR count). The third-order valence-electron chi connectivity index (χ3n) is 4.32. The Balaban J connectivity index is 1.91. The van der Waals surface area contributed by atoms with Gasteiger partial charge in [-0.25, -0.2) is 4.39 Å². The number of rotatable bonds is 2. The maximum Gasteiger partial charge on any atom is 0.262 e. The Morgan fingerprint density at radius 1 is 1.04 bits per heavy atom. The molecule has 0 saturated heterocycles. The third-order valence-corrected chi connectivity index (χ3v) is 5.56. The highest BCUT2D eigenvalue weighted by molar-refractivity contribution is 14.1. The van der Waals surface area contributed by atoms with E-state index in [2.05, 4.69) is 27.9 Å². The topological polar surface area (TPSA) is 32.3 Å². The van der Waals surface area contributed by atoms with Gasteiger partial charge in [-0.3, -0.25) is 9.69 Å². The Bertz CT molecular complexity index is 1060. The van der Waals surface area contributed by atoms with Crippen LogP contribution in [-0.2, 0) is 0 Å². The van der Waals surface area contributed by atoms with Crippen molar-refractivity contribution in [3.05, 3.63) is 91.2 Å². The Kier molecular flexibility index (Phi) is 5.01. The summed E-state index contributed by atoms with van der Waals surface area (Å²) in [5, 5.41) is 4.27. The van der Waals surface area contributed by atoms with Crippen LogP contribution in [0.15, 0.2) is 60.7 Å². The molecule has 3 nitrogen and oxygen atoms in total. The quantitative estimate of drug-likeness (QED) is 0.397. The van der Waals surface area contributed by atoms with E-state index in [1.54, 1.807) is 36.4 Å². The number of nitrogens with one attached hydrogen (secondary N) is 1. The van der Waals surface area contributed by atoms with E-state index in [4.69, 9.17) is 23.2 Å². The molecule has 3 aromatic carbocycles.